The third-order valence-electron chi connectivity index (χ3n) is 3.69. The molecule has 1 saturated heterocycles. The van der Waals surface area contributed by atoms with E-state index in [1.54, 1.807) is 6.07 Å². The molecule has 114 valence electrons. The van der Waals surface area contributed by atoms with Gasteiger partial charge in [-0.1, -0.05) is 0 Å². The highest BCUT2D eigenvalue weighted by molar-refractivity contribution is 7.89. The zero-order valence-electron chi connectivity index (χ0n) is 12.4. The van der Waals surface area contributed by atoms with E-state index in [1.807, 2.05) is 20.2 Å². The Hall–Kier alpha value is -1.49. The van der Waals surface area contributed by atoms with Gasteiger partial charge in [-0.2, -0.15) is 9.57 Å². The van der Waals surface area contributed by atoms with Crippen molar-refractivity contribution in [3.05, 3.63) is 24.0 Å². The Morgan fingerprint density at radius 2 is 2.10 bits per heavy atom. The highest BCUT2D eigenvalue weighted by atomic mass is 32.2. The number of nitrogens with zero attached hydrogens (tertiary/aromatic N) is 4. The Bertz CT molecular complexity index is 629. The molecule has 2 heterocycles. The Kier molecular flexibility index (Phi) is 4.93. The maximum Gasteiger partial charge on any atom is 0.245 e. The van der Waals surface area contributed by atoms with Crippen LogP contribution in [0.5, 0.6) is 0 Å². The first kappa shape index (κ1) is 15.9. The Balaban J connectivity index is 2.14. The molecule has 0 atom stereocenters. The normalized spacial score (nSPS) is 17.8. The van der Waals surface area contributed by atoms with Crippen molar-refractivity contribution in [2.45, 2.75) is 17.7 Å². The zero-order chi connectivity index (χ0) is 15.5. The first-order valence-corrected chi connectivity index (χ1v) is 8.39. The molecule has 0 amide bonds. The van der Waals surface area contributed by atoms with Gasteiger partial charge >= 0.3 is 0 Å². The number of hydrogen-bond acceptors (Lipinski definition) is 5. The number of sulfonamides is 1. The standard InChI is InChI=1S/C14H20N4O2S/c1-17(2)11-12-5-8-18(9-6-12)21(19,20)14-4-3-7-16-13(14)10-15/h3-4,7,12H,5-6,8-9,11H2,1-2H3. The van der Waals surface area contributed by atoms with Crippen LogP contribution in [-0.2, 0) is 10.0 Å². The minimum Gasteiger partial charge on any atom is -0.309 e. The summed E-state index contributed by atoms with van der Waals surface area (Å²) in [6.45, 7) is 1.98. The van der Waals surface area contributed by atoms with Gasteiger partial charge in [-0.3, -0.25) is 0 Å². The lowest BCUT2D eigenvalue weighted by Gasteiger charge is -2.32. The van der Waals surface area contributed by atoms with Crippen LogP contribution < -0.4 is 0 Å². The first-order chi connectivity index (χ1) is 9.95. The SMILES string of the molecule is CN(C)CC1CCN(S(=O)(=O)c2cccnc2C#N)CC1. The smallest absolute Gasteiger partial charge is 0.245 e. The predicted octanol–water partition coefficient (Wildman–Crippen LogP) is 0.916. The second-order valence-electron chi connectivity index (χ2n) is 5.57. The van der Waals surface area contributed by atoms with E-state index in [2.05, 4.69) is 9.88 Å². The van der Waals surface area contributed by atoms with E-state index in [0.717, 1.165) is 19.4 Å². The molecule has 1 aromatic rings. The molecule has 0 saturated carbocycles. The maximum absolute atomic E-state index is 12.6. The molecule has 7 heteroatoms. The highest BCUT2D eigenvalue weighted by Crippen LogP contribution is 2.25. The van der Waals surface area contributed by atoms with E-state index < -0.39 is 10.0 Å². The van der Waals surface area contributed by atoms with E-state index in [0.29, 0.717) is 19.0 Å². The lowest BCUT2D eigenvalue weighted by Crippen LogP contribution is -2.40. The van der Waals surface area contributed by atoms with Crippen LogP contribution in [0.15, 0.2) is 23.2 Å². The molecule has 0 aromatic carbocycles. The zero-order valence-corrected chi connectivity index (χ0v) is 13.2. The molecule has 1 aliphatic heterocycles. The van der Waals surface area contributed by atoms with Gasteiger partial charge in [-0.15, -0.1) is 0 Å². The van der Waals surface area contributed by atoms with Crippen LogP contribution >= 0.6 is 0 Å². The monoisotopic (exact) mass is 308 g/mol. The third kappa shape index (κ3) is 3.59. The molecule has 0 N–H and O–H groups in total. The fourth-order valence-electron chi connectivity index (χ4n) is 2.67. The summed E-state index contributed by atoms with van der Waals surface area (Å²) in [6, 6.07) is 4.85. The summed E-state index contributed by atoms with van der Waals surface area (Å²) in [6.07, 6.45) is 3.13. The first-order valence-electron chi connectivity index (χ1n) is 6.95. The van der Waals surface area contributed by atoms with Gasteiger partial charge in [-0.25, -0.2) is 13.4 Å². The topological polar surface area (TPSA) is 77.3 Å². The van der Waals surface area contributed by atoms with Crippen LogP contribution in [0.2, 0.25) is 0 Å². The number of pyridine rings is 1. The Morgan fingerprint density at radius 1 is 1.43 bits per heavy atom. The molecule has 1 aliphatic rings. The molecule has 1 fully saturated rings. The van der Waals surface area contributed by atoms with Gasteiger partial charge in [0.05, 0.1) is 0 Å². The summed E-state index contributed by atoms with van der Waals surface area (Å²) < 4.78 is 26.7. The minimum absolute atomic E-state index is 0.0126. The van der Waals surface area contributed by atoms with Gasteiger partial charge in [0.15, 0.2) is 5.69 Å². The summed E-state index contributed by atoms with van der Waals surface area (Å²) in [5.41, 5.74) is -0.0343. The fraction of sp³-hybridized carbons (Fsp3) is 0.571. The quantitative estimate of drug-likeness (QED) is 0.826. The lowest BCUT2D eigenvalue weighted by molar-refractivity contribution is 0.225. The van der Waals surface area contributed by atoms with Crippen LogP contribution in [0.3, 0.4) is 0 Å². The largest absolute Gasteiger partial charge is 0.309 e. The van der Waals surface area contributed by atoms with Gasteiger partial charge in [-0.05, 0) is 45.0 Å². The van der Waals surface area contributed by atoms with Crippen molar-refractivity contribution in [2.24, 2.45) is 5.92 Å². The minimum atomic E-state index is -3.62. The van der Waals surface area contributed by atoms with Gasteiger partial charge in [0, 0.05) is 25.8 Å². The molecule has 21 heavy (non-hydrogen) atoms. The van der Waals surface area contributed by atoms with Crippen LogP contribution in [-0.4, -0.2) is 56.3 Å². The molecule has 2 rings (SSSR count). The second kappa shape index (κ2) is 6.52. The van der Waals surface area contributed by atoms with Crippen molar-refractivity contribution < 1.29 is 8.42 Å². The average Bonchev–Trinajstić information content (AvgIpc) is 2.47. The van der Waals surface area contributed by atoms with E-state index in [4.69, 9.17) is 5.26 Å². The van der Waals surface area contributed by atoms with Crippen LogP contribution in [0.1, 0.15) is 18.5 Å². The van der Waals surface area contributed by atoms with E-state index in [1.165, 1.54) is 16.6 Å². The molecule has 1 aromatic heterocycles. The Morgan fingerprint density at radius 3 is 2.67 bits per heavy atom. The summed E-state index contributed by atoms with van der Waals surface area (Å²) in [5, 5.41) is 9.02. The van der Waals surface area contributed by atoms with Crippen LogP contribution in [0.4, 0.5) is 0 Å². The number of piperidine rings is 1. The van der Waals surface area contributed by atoms with Crippen molar-refractivity contribution in [1.82, 2.24) is 14.2 Å². The lowest BCUT2D eigenvalue weighted by atomic mass is 9.98. The molecule has 0 bridgehead atoms. The van der Waals surface area contributed by atoms with Crippen LogP contribution in [0.25, 0.3) is 0 Å². The third-order valence-corrected chi connectivity index (χ3v) is 5.62. The predicted molar refractivity (Wildman–Crippen MR) is 79.0 cm³/mol. The summed E-state index contributed by atoms with van der Waals surface area (Å²) in [4.78, 5) is 5.98. The Labute approximate surface area is 126 Å². The molecule has 6 nitrogen and oxygen atoms in total. The number of nitriles is 1. The summed E-state index contributed by atoms with van der Waals surface area (Å²) in [5.74, 6) is 0.524. The molecule has 0 radical (unpaired) electrons. The van der Waals surface area contributed by atoms with E-state index >= 15 is 0 Å². The second-order valence-corrected chi connectivity index (χ2v) is 7.48. The van der Waals surface area contributed by atoms with Crippen molar-refractivity contribution in [2.75, 3.05) is 33.7 Å². The number of aromatic nitrogens is 1. The van der Waals surface area contributed by atoms with Gasteiger partial charge in [0.25, 0.3) is 0 Å². The molecular weight excluding hydrogens is 288 g/mol. The van der Waals surface area contributed by atoms with Crippen molar-refractivity contribution in [3.8, 4) is 6.07 Å². The average molecular weight is 308 g/mol. The van der Waals surface area contributed by atoms with Crippen LogP contribution in [0, 0.1) is 17.2 Å². The maximum atomic E-state index is 12.6. The van der Waals surface area contributed by atoms with Crippen molar-refractivity contribution in [3.63, 3.8) is 0 Å². The molecule has 0 unspecified atom stereocenters. The number of rotatable bonds is 4. The molecule has 0 aliphatic carbocycles. The van der Waals surface area contributed by atoms with Gasteiger partial charge in [0.1, 0.15) is 11.0 Å². The fourth-order valence-corrected chi connectivity index (χ4v) is 4.23. The number of hydrogen-bond donors (Lipinski definition) is 0. The van der Waals surface area contributed by atoms with Crippen molar-refractivity contribution in [1.29, 1.82) is 5.26 Å². The van der Waals surface area contributed by atoms with E-state index in [-0.39, 0.29) is 10.6 Å². The van der Waals surface area contributed by atoms with Gasteiger partial charge in [0.2, 0.25) is 10.0 Å². The summed E-state index contributed by atoms with van der Waals surface area (Å²) in [7, 11) is 0.430. The van der Waals surface area contributed by atoms with E-state index in [9.17, 15) is 8.42 Å². The molecule has 0 spiro atoms. The highest BCUT2D eigenvalue weighted by Gasteiger charge is 2.31. The summed E-state index contributed by atoms with van der Waals surface area (Å²) >= 11 is 0. The molecular formula is C14H20N4O2S. The van der Waals surface area contributed by atoms with Crippen molar-refractivity contribution >= 4 is 10.0 Å². The van der Waals surface area contributed by atoms with Gasteiger partial charge < -0.3 is 4.90 Å².